The zero-order chi connectivity index (χ0) is 21.2. The van der Waals surface area contributed by atoms with E-state index in [9.17, 15) is 18.0 Å². The Morgan fingerprint density at radius 2 is 1.90 bits per heavy atom. The van der Waals surface area contributed by atoms with E-state index in [0.29, 0.717) is 5.75 Å². The van der Waals surface area contributed by atoms with E-state index in [2.05, 4.69) is 10.4 Å². The lowest BCUT2D eigenvalue weighted by Crippen LogP contribution is -2.18. The largest absolute Gasteiger partial charge is 0.487 e. The van der Waals surface area contributed by atoms with Gasteiger partial charge in [0.2, 0.25) is 0 Å². The van der Waals surface area contributed by atoms with Crippen LogP contribution in [0.15, 0.2) is 48.7 Å². The van der Waals surface area contributed by atoms with E-state index in [4.69, 9.17) is 4.74 Å². The fraction of sp³-hybridized carbons (Fsp3) is 0.238. The predicted octanol–water partition coefficient (Wildman–Crippen LogP) is 4.89. The highest BCUT2D eigenvalue weighted by atomic mass is 19.4. The van der Waals surface area contributed by atoms with Gasteiger partial charge in [-0.25, -0.2) is 0 Å². The maximum atomic E-state index is 13.1. The molecule has 5 nitrogen and oxygen atoms in total. The second-order valence-corrected chi connectivity index (χ2v) is 6.73. The molecule has 0 aliphatic carbocycles. The summed E-state index contributed by atoms with van der Waals surface area (Å²) in [6.07, 6.45) is -3.69. The lowest BCUT2D eigenvalue weighted by molar-refractivity contribution is -0.141. The fourth-order valence-electron chi connectivity index (χ4n) is 2.91. The Morgan fingerprint density at radius 3 is 2.59 bits per heavy atom. The van der Waals surface area contributed by atoms with Crippen molar-refractivity contribution in [2.75, 3.05) is 5.32 Å². The number of carbonyl (C=O) groups is 1. The summed E-state index contributed by atoms with van der Waals surface area (Å²) in [5.41, 5.74) is 1.67. The summed E-state index contributed by atoms with van der Waals surface area (Å²) in [6, 6.07) is 12.6. The van der Waals surface area contributed by atoms with E-state index in [0.717, 1.165) is 27.6 Å². The van der Waals surface area contributed by atoms with Crippen molar-refractivity contribution in [2.45, 2.75) is 26.6 Å². The topological polar surface area (TPSA) is 56.1 Å². The number of carbonyl (C=O) groups excluding carboxylic acids is 1. The number of aryl methyl sites for hydroxylation is 3. The number of hydrogen-bond donors (Lipinski definition) is 1. The second kappa shape index (κ2) is 7.98. The zero-order valence-electron chi connectivity index (χ0n) is 16.2. The average Bonchev–Trinajstić information content (AvgIpc) is 3.04. The Morgan fingerprint density at radius 1 is 1.17 bits per heavy atom. The van der Waals surface area contributed by atoms with Crippen LogP contribution in [0.4, 0.5) is 18.9 Å². The van der Waals surface area contributed by atoms with Gasteiger partial charge in [0.1, 0.15) is 12.4 Å². The molecule has 3 aromatic rings. The molecule has 0 spiro atoms. The highest BCUT2D eigenvalue weighted by molar-refractivity contribution is 6.05. The molecule has 1 aromatic heterocycles. The van der Waals surface area contributed by atoms with Gasteiger partial charge in [-0.15, -0.1) is 0 Å². The number of rotatable bonds is 5. The molecule has 29 heavy (non-hydrogen) atoms. The first-order valence-corrected chi connectivity index (χ1v) is 8.85. The molecule has 0 fully saturated rings. The van der Waals surface area contributed by atoms with E-state index in [1.807, 2.05) is 32.0 Å². The van der Waals surface area contributed by atoms with Crippen molar-refractivity contribution in [2.24, 2.45) is 7.05 Å². The number of ether oxygens (including phenoxy) is 1. The minimum absolute atomic E-state index is 0.264. The predicted molar refractivity (Wildman–Crippen MR) is 103 cm³/mol. The van der Waals surface area contributed by atoms with Gasteiger partial charge in [0.05, 0.1) is 11.3 Å². The monoisotopic (exact) mass is 403 g/mol. The van der Waals surface area contributed by atoms with Gasteiger partial charge in [-0.3, -0.25) is 9.48 Å². The molecule has 8 heteroatoms. The minimum atomic E-state index is -4.73. The van der Waals surface area contributed by atoms with Crippen LogP contribution in [0.2, 0.25) is 0 Å². The Hall–Kier alpha value is -3.29. The number of nitrogens with zero attached hydrogens (tertiary/aromatic N) is 2. The summed E-state index contributed by atoms with van der Waals surface area (Å²) in [6.45, 7) is 4.23. The van der Waals surface area contributed by atoms with Gasteiger partial charge in [0.25, 0.3) is 5.91 Å². The van der Waals surface area contributed by atoms with E-state index in [1.54, 1.807) is 24.3 Å². The molecule has 0 atom stereocenters. The molecular weight excluding hydrogens is 383 g/mol. The molecule has 0 aliphatic rings. The van der Waals surface area contributed by atoms with Crippen molar-refractivity contribution in [1.29, 1.82) is 0 Å². The third-order valence-corrected chi connectivity index (χ3v) is 4.36. The van der Waals surface area contributed by atoms with Crippen molar-refractivity contribution < 1.29 is 22.7 Å². The van der Waals surface area contributed by atoms with Gasteiger partial charge < -0.3 is 10.1 Å². The van der Waals surface area contributed by atoms with Crippen LogP contribution in [-0.2, 0) is 19.8 Å². The van der Waals surface area contributed by atoms with Crippen LogP contribution in [-0.4, -0.2) is 15.7 Å². The van der Waals surface area contributed by atoms with Gasteiger partial charge in [0.15, 0.2) is 5.69 Å². The third kappa shape index (κ3) is 4.77. The minimum Gasteiger partial charge on any atom is -0.487 e. The fourth-order valence-corrected chi connectivity index (χ4v) is 2.91. The number of para-hydroxylation sites is 2. The quantitative estimate of drug-likeness (QED) is 0.660. The number of anilines is 1. The van der Waals surface area contributed by atoms with Gasteiger partial charge in [0, 0.05) is 13.2 Å². The van der Waals surface area contributed by atoms with Crippen molar-refractivity contribution in [3.63, 3.8) is 0 Å². The summed E-state index contributed by atoms with van der Waals surface area (Å²) >= 11 is 0. The SMILES string of the molecule is Cc1ccc(COc2ccccc2NC(=O)c2cn(C)nc2C(F)(F)F)c(C)c1. The number of alkyl halides is 3. The molecule has 1 N–H and O–H groups in total. The number of amides is 1. The van der Waals surface area contributed by atoms with Crippen LogP contribution >= 0.6 is 0 Å². The first-order chi connectivity index (χ1) is 13.6. The van der Waals surface area contributed by atoms with E-state index >= 15 is 0 Å². The van der Waals surface area contributed by atoms with Crippen LogP contribution < -0.4 is 10.1 Å². The lowest BCUT2D eigenvalue weighted by atomic mass is 10.1. The van der Waals surface area contributed by atoms with Gasteiger partial charge >= 0.3 is 6.18 Å². The first-order valence-electron chi connectivity index (χ1n) is 8.85. The van der Waals surface area contributed by atoms with E-state index < -0.39 is 23.3 Å². The summed E-state index contributed by atoms with van der Waals surface area (Å²) in [5.74, 6) is -0.550. The highest BCUT2D eigenvalue weighted by Crippen LogP contribution is 2.32. The molecule has 1 amide bonds. The molecule has 0 unspecified atom stereocenters. The van der Waals surface area contributed by atoms with Crippen molar-refractivity contribution in [3.05, 3.63) is 76.6 Å². The van der Waals surface area contributed by atoms with E-state index in [1.165, 1.54) is 7.05 Å². The van der Waals surface area contributed by atoms with Crippen LogP contribution in [0.1, 0.15) is 32.7 Å². The second-order valence-electron chi connectivity index (χ2n) is 6.73. The lowest BCUT2D eigenvalue weighted by Gasteiger charge is -2.14. The standard InChI is InChI=1S/C21H20F3N3O2/c1-13-8-9-15(14(2)10-13)12-29-18-7-5-4-6-17(18)25-20(28)16-11-27(3)26-19(16)21(22,23)24/h4-11H,12H2,1-3H3,(H,25,28). The normalized spacial score (nSPS) is 11.4. The van der Waals surface area contributed by atoms with Crippen molar-refractivity contribution in [3.8, 4) is 5.75 Å². The molecule has 0 saturated carbocycles. The molecule has 152 valence electrons. The molecule has 0 bridgehead atoms. The number of hydrogen-bond acceptors (Lipinski definition) is 3. The Balaban J connectivity index is 1.80. The number of nitrogens with one attached hydrogen (secondary N) is 1. The van der Waals surface area contributed by atoms with Gasteiger partial charge in [-0.2, -0.15) is 18.3 Å². The van der Waals surface area contributed by atoms with E-state index in [-0.39, 0.29) is 12.3 Å². The Kier molecular flexibility index (Phi) is 5.63. The molecule has 0 radical (unpaired) electrons. The third-order valence-electron chi connectivity index (χ3n) is 4.36. The zero-order valence-corrected chi connectivity index (χ0v) is 16.2. The first kappa shape index (κ1) is 20.4. The molecule has 3 rings (SSSR count). The number of aromatic nitrogens is 2. The summed E-state index contributed by atoms with van der Waals surface area (Å²) in [7, 11) is 1.33. The maximum absolute atomic E-state index is 13.1. The smallest absolute Gasteiger partial charge is 0.435 e. The van der Waals surface area contributed by atoms with Crippen LogP contribution in [0.3, 0.4) is 0 Å². The molecular formula is C21H20F3N3O2. The highest BCUT2D eigenvalue weighted by Gasteiger charge is 2.39. The Labute approximate surface area is 166 Å². The van der Waals surface area contributed by atoms with Crippen LogP contribution in [0.25, 0.3) is 0 Å². The summed E-state index contributed by atoms with van der Waals surface area (Å²) < 4.78 is 46.2. The number of halogens is 3. The average molecular weight is 403 g/mol. The molecule has 1 heterocycles. The number of benzene rings is 2. The molecule has 2 aromatic carbocycles. The van der Waals surface area contributed by atoms with Gasteiger partial charge in [-0.1, -0.05) is 35.9 Å². The van der Waals surface area contributed by atoms with Crippen molar-refractivity contribution in [1.82, 2.24) is 9.78 Å². The van der Waals surface area contributed by atoms with Crippen LogP contribution in [0.5, 0.6) is 5.75 Å². The van der Waals surface area contributed by atoms with Crippen LogP contribution in [0, 0.1) is 13.8 Å². The summed E-state index contributed by atoms with van der Waals surface area (Å²) in [4.78, 5) is 12.5. The van der Waals surface area contributed by atoms with Gasteiger partial charge in [-0.05, 0) is 37.1 Å². The maximum Gasteiger partial charge on any atom is 0.435 e. The molecule has 0 saturated heterocycles. The van der Waals surface area contributed by atoms with Crippen molar-refractivity contribution >= 4 is 11.6 Å². The Bertz CT molecular complexity index is 1040. The molecule has 0 aliphatic heterocycles. The summed E-state index contributed by atoms with van der Waals surface area (Å²) in [5, 5.41) is 5.85.